The topological polar surface area (TPSA) is 86.5 Å². The van der Waals surface area contributed by atoms with Crippen molar-refractivity contribution in [3.8, 4) is 0 Å². The molecule has 0 heterocycles. The molecule has 4 unspecified atom stereocenters. The van der Waals surface area contributed by atoms with Gasteiger partial charge in [-0.25, -0.2) is 8.42 Å². The number of ether oxygens (including phenoxy) is 1. The first kappa shape index (κ1) is 15.4. The fourth-order valence-corrected chi connectivity index (χ4v) is 5.04. The number of sulfone groups is 1. The third-order valence-electron chi connectivity index (χ3n) is 3.47. The average molecular weight is 277 g/mol. The lowest BCUT2D eigenvalue weighted by Gasteiger charge is -2.36. The molecule has 0 bridgehead atoms. The van der Waals surface area contributed by atoms with Gasteiger partial charge in [-0.1, -0.05) is 13.8 Å². The minimum atomic E-state index is -3.53. The highest BCUT2D eigenvalue weighted by atomic mass is 32.2. The Bertz CT molecular complexity index is 381. The lowest BCUT2D eigenvalue weighted by molar-refractivity contribution is -0.139. The first-order chi connectivity index (χ1) is 8.27. The molecule has 2 N–H and O–H groups in total. The van der Waals surface area contributed by atoms with Crippen LogP contribution >= 0.6 is 0 Å². The van der Waals surface area contributed by atoms with Crippen molar-refractivity contribution in [3.63, 3.8) is 0 Å². The molecular formula is C12H23NO4S. The Morgan fingerprint density at radius 1 is 1.33 bits per heavy atom. The van der Waals surface area contributed by atoms with E-state index in [9.17, 15) is 13.2 Å². The smallest absolute Gasteiger partial charge is 0.321 e. The summed E-state index contributed by atoms with van der Waals surface area (Å²) < 4.78 is 29.1. The van der Waals surface area contributed by atoms with E-state index in [1.165, 1.54) is 0 Å². The van der Waals surface area contributed by atoms with E-state index in [0.717, 1.165) is 6.42 Å². The number of carbonyl (C=O) groups is 1. The second kappa shape index (κ2) is 6.02. The zero-order valence-electron chi connectivity index (χ0n) is 11.3. The van der Waals surface area contributed by atoms with E-state index < -0.39 is 26.8 Å². The van der Waals surface area contributed by atoms with Gasteiger partial charge < -0.3 is 10.5 Å². The summed E-state index contributed by atoms with van der Waals surface area (Å²) in [5.41, 5.74) is 5.96. The van der Waals surface area contributed by atoms with Gasteiger partial charge >= 0.3 is 5.97 Å². The fourth-order valence-electron chi connectivity index (χ4n) is 2.97. The Balaban J connectivity index is 2.80. The normalized spacial score (nSPS) is 33.1. The summed E-state index contributed by atoms with van der Waals surface area (Å²) in [7, 11) is -3.53. The molecule has 1 rings (SSSR count). The number of hydrogen-bond acceptors (Lipinski definition) is 5. The predicted octanol–water partition coefficient (Wildman–Crippen LogP) is 0.726. The van der Waals surface area contributed by atoms with Gasteiger partial charge in [0, 0.05) is 6.04 Å². The second-order valence-electron chi connectivity index (χ2n) is 5.29. The Hall–Kier alpha value is -0.620. The van der Waals surface area contributed by atoms with Crippen LogP contribution in [0.25, 0.3) is 0 Å². The molecule has 0 saturated heterocycles. The summed E-state index contributed by atoms with van der Waals surface area (Å²) in [5, 5.41) is -0.627. The highest BCUT2D eigenvalue weighted by Gasteiger charge is 2.41. The van der Waals surface area contributed by atoms with Crippen molar-refractivity contribution in [1.82, 2.24) is 0 Å². The summed E-state index contributed by atoms with van der Waals surface area (Å²) in [5.74, 6) is -0.819. The fraction of sp³-hybridized carbons (Fsp3) is 0.917. The maximum Gasteiger partial charge on any atom is 0.321 e. The van der Waals surface area contributed by atoms with Crippen LogP contribution < -0.4 is 5.73 Å². The Morgan fingerprint density at radius 2 is 1.94 bits per heavy atom. The molecule has 1 aliphatic rings. The lowest BCUT2D eigenvalue weighted by Crippen LogP contribution is -2.50. The molecule has 1 saturated carbocycles. The van der Waals surface area contributed by atoms with E-state index in [4.69, 9.17) is 10.5 Å². The molecule has 18 heavy (non-hydrogen) atoms. The van der Waals surface area contributed by atoms with E-state index in [1.54, 1.807) is 6.92 Å². The van der Waals surface area contributed by atoms with Gasteiger partial charge in [-0.05, 0) is 31.6 Å². The van der Waals surface area contributed by atoms with Crippen LogP contribution in [-0.4, -0.2) is 38.0 Å². The van der Waals surface area contributed by atoms with Crippen LogP contribution in [0.15, 0.2) is 0 Å². The van der Waals surface area contributed by atoms with Gasteiger partial charge in [-0.15, -0.1) is 0 Å². The second-order valence-corrected chi connectivity index (χ2v) is 7.45. The number of nitrogens with two attached hydrogens (primary N) is 1. The largest absolute Gasteiger partial charge is 0.465 e. The third kappa shape index (κ3) is 3.68. The van der Waals surface area contributed by atoms with Crippen molar-refractivity contribution in [2.75, 3.05) is 12.4 Å². The SMILES string of the molecule is CCOC(=O)CS(=O)(=O)C1C(C)CC(C)CC1N. The van der Waals surface area contributed by atoms with Crippen LogP contribution in [0.4, 0.5) is 0 Å². The highest BCUT2D eigenvalue weighted by molar-refractivity contribution is 7.92. The maximum atomic E-state index is 12.2. The van der Waals surface area contributed by atoms with Crippen molar-refractivity contribution in [1.29, 1.82) is 0 Å². The molecule has 1 aliphatic carbocycles. The maximum absolute atomic E-state index is 12.2. The van der Waals surface area contributed by atoms with E-state index in [1.807, 2.05) is 6.92 Å². The summed E-state index contributed by atoms with van der Waals surface area (Å²) in [6.07, 6.45) is 1.53. The quantitative estimate of drug-likeness (QED) is 0.765. The lowest BCUT2D eigenvalue weighted by atomic mass is 9.80. The number of hydrogen-bond donors (Lipinski definition) is 1. The molecule has 5 nitrogen and oxygen atoms in total. The van der Waals surface area contributed by atoms with Crippen LogP contribution in [0, 0.1) is 11.8 Å². The molecule has 0 amide bonds. The standard InChI is InChI=1S/C12H23NO4S/c1-4-17-11(14)7-18(15,16)12-9(3)5-8(2)6-10(12)13/h8-10,12H,4-7,13H2,1-3H3. The molecule has 106 valence electrons. The van der Waals surface area contributed by atoms with Crippen molar-refractivity contribution in [3.05, 3.63) is 0 Å². The Labute approximate surface area is 109 Å². The number of rotatable bonds is 4. The minimum Gasteiger partial charge on any atom is -0.465 e. The Kier molecular flexibility index (Phi) is 5.16. The first-order valence-electron chi connectivity index (χ1n) is 6.40. The molecule has 6 heteroatoms. The van der Waals surface area contributed by atoms with Gasteiger partial charge in [-0.2, -0.15) is 0 Å². The van der Waals surface area contributed by atoms with E-state index in [2.05, 4.69) is 6.92 Å². The molecular weight excluding hydrogens is 254 g/mol. The van der Waals surface area contributed by atoms with Crippen molar-refractivity contribution in [2.24, 2.45) is 17.6 Å². The number of esters is 1. The zero-order chi connectivity index (χ0) is 13.9. The predicted molar refractivity (Wildman–Crippen MR) is 69.7 cm³/mol. The van der Waals surface area contributed by atoms with Crippen LogP contribution in [0.1, 0.15) is 33.6 Å². The summed E-state index contributed by atoms with van der Waals surface area (Å²) in [6, 6.07) is -0.386. The molecule has 0 aromatic rings. The van der Waals surface area contributed by atoms with E-state index in [-0.39, 0.29) is 18.6 Å². The van der Waals surface area contributed by atoms with Gasteiger partial charge in [0.1, 0.15) is 5.75 Å². The molecule has 0 aliphatic heterocycles. The van der Waals surface area contributed by atoms with Crippen LogP contribution in [0.3, 0.4) is 0 Å². The van der Waals surface area contributed by atoms with Crippen LogP contribution in [0.5, 0.6) is 0 Å². The van der Waals surface area contributed by atoms with E-state index in [0.29, 0.717) is 12.3 Å². The van der Waals surface area contributed by atoms with E-state index >= 15 is 0 Å². The number of carbonyl (C=O) groups excluding carboxylic acids is 1. The first-order valence-corrected chi connectivity index (χ1v) is 8.12. The van der Waals surface area contributed by atoms with Gasteiger partial charge in [0.2, 0.25) is 0 Å². The third-order valence-corrected chi connectivity index (χ3v) is 5.75. The summed E-state index contributed by atoms with van der Waals surface area (Å²) in [4.78, 5) is 11.3. The minimum absolute atomic E-state index is 0.0109. The van der Waals surface area contributed by atoms with Crippen LogP contribution in [-0.2, 0) is 19.4 Å². The van der Waals surface area contributed by atoms with Crippen molar-refractivity contribution >= 4 is 15.8 Å². The Morgan fingerprint density at radius 3 is 2.44 bits per heavy atom. The van der Waals surface area contributed by atoms with Gasteiger partial charge in [0.25, 0.3) is 0 Å². The molecule has 0 aromatic heterocycles. The van der Waals surface area contributed by atoms with Crippen molar-refractivity contribution in [2.45, 2.75) is 44.9 Å². The average Bonchev–Trinajstić information content (AvgIpc) is 2.13. The van der Waals surface area contributed by atoms with Gasteiger partial charge in [0.15, 0.2) is 9.84 Å². The van der Waals surface area contributed by atoms with Crippen LogP contribution in [0.2, 0.25) is 0 Å². The van der Waals surface area contributed by atoms with Gasteiger partial charge in [0.05, 0.1) is 11.9 Å². The molecule has 4 atom stereocenters. The molecule has 0 spiro atoms. The summed E-state index contributed by atoms with van der Waals surface area (Å²) in [6.45, 7) is 5.81. The summed E-state index contributed by atoms with van der Waals surface area (Å²) >= 11 is 0. The van der Waals surface area contributed by atoms with Gasteiger partial charge in [-0.3, -0.25) is 4.79 Å². The monoisotopic (exact) mass is 277 g/mol. The molecule has 0 radical (unpaired) electrons. The zero-order valence-corrected chi connectivity index (χ0v) is 12.1. The molecule has 0 aromatic carbocycles. The highest BCUT2D eigenvalue weighted by Crippen LogP contribution is 2.32. The van der Waals surface area contributed by atoms with Crippen molar-refractivity contribution < 1.29 is 17.9 Å². The molecule has 1 fully saturated rings.